The minimum atomic E-state index is -0.255. The van der Waals surface area contributed by atoms with Crippen molar-refractivity contribution in [1.29, 1.82) is 0 Å². The minimum absolute atomic E-state index is 0.126. The molecule has 0 bridgehead atoms. The van der Waals surface area contributed by atoms with Crippen LogP contribution in [0.25, 0.3) is 0 Å². The van der Waals surface area contributed by atoms with Crippen molar-refractivity contribution in [3.8, 4) is 5.75 Å². The molecule has 2 amide bonds. The van der Waals surface area contributed by atoms with Gasteiger partial charge in [0.05, 0.1) is 0 Å². The Bertz CT molecular complexity index is 435. The second-order valence-corrected chi connectivity index (χ2v) is 5.42. The van der Waals surface area contributed by atoms with E-state index in [9.17, 15) is 9.59 Å². The zero-order chi connectivity index (χ0) is 15.0. The SMILES string of the molecule is CC(C)(C)Oc1ccc(C(=O)NCCCNC=O)cc1. The molecule has 0 unspecified atom stereocenters. The average molecular weight is 278 g/mol. The molecule has 0 aromatic heterocycles. The summed E-state index contributed by atoms with van der Waals surface area (Å²) < 4.78 is 5.69. The van der Waals surface area contributed by atoms with Gasteiger partial charge in [-0.15, -0.1) is 0 Å². The number of nitrogens with one attached hydrogen (secondary N) is 2. The molecular weight excluding hydrogens is 256 g/mol. The molecule has 0 saturated heterocycles. The fourth-order valence-corrected chi connectivity index (χ4v) is 1.58. The van der Waals surface area contributed by atoms with Crippen molar-refractivity contribution in [2.24, 2.45) is 0 Å². The lowest BCUT2D eigenvalue weighted by atomic mass is 10.1. The van der Waals surface area contributed by atoms with Gasteiger partial charge in [0.1, 0.15) is 11.4 Å². The van der Waals surface area contributed by atoms with Crippen molar-refractivity contribution in [3.63, 3.8) is 0 Å². The third-order valence-electron chi connectivity index (χ3n) is 2.41. The smallest absolute Gasteiger partial charge is 0.251 e. The van der Waals surface area contributed by atoms with E-state index < -0.39 is 0 Å². The second kappa shape index (κ2) is 7.53. The van der Waals surface area contributed by atoms with Crippen molar-refractivity contribution in [2.75, 3.05) is 13.1 Å². The van der Waals surface area contributed by atoms with Crippen LogP contribution in [-0.4, -0.2) is 31.0 Å². The Morgan fingerprint density at radius 1 is 1.20 bits per heavy atom. The van der Waals surface area contributed by atoms with E-state index in [0.29, 0.717) is 31.5 Å². The number of carbonyl (C=O) groups excluding carboxylic acids is 2. The van der Waals surface area contributed by atoms with Gasteiger partial charge in [0.25, 0.3) is 5.91 Å². The van der Waals surface area contributed by atoms with E-state index in [4.69, 9.17) is 4.74 Å². The van der Waals surface area contributed by atoms with Crippen LogP contribution in [0.4, 0.5) is 0 Å². The number of benzene rings is 1. The van der Waals surface area contributed by atoms with Crippen molar-refractivity contribution in [1.82, 2.24) is 10.6 Å². The van der Waals surface area contributed by atoms with E-state index >= 15 is 0 Å². The van der Waals surface area contributed by atoms with Crippen LogP contribution in [0.3, 0.4) is 0 Å². The summed E-state index contributed by atoms with van der Waals surface area (Å²) in [6.07, 6.45) is 1.35. The van der Waals surface area contributed by atoms with Crippen LogP contribution in [0.5, 0.6) is 5.75 Å². The van der Waals surface area contributed by atoms with E-state index in [1.165, 1.54) is 0 Å². The summed E-state index contributed by atoms with van der Waals surface area (Å²) in [4.78, 5) is 21.9. The lowest BCUT2D eigenvalue weighted by Gasteiger charge is -2.21. The minimum Gasteiger partial charge on any atom is -0.488 e. The molecule has 0 atom stereocenters. The van der Waals surface area contributed by atoms with Crippen LogP contribution in [-0.2, 0) is 4.79 Å². The number of carbonyl (C=O) groups is 2. The highest BCUT2D eigenvalue weighted by molar-refractivity contribution is 5.94. The number of hydrogen-bond donors (Lipinski definition) is 2. The fraction of sp³-hybridized carbons (Fsp3) is 0.467. The molecule has 0 aliphatic rings. The summed E-state index contributed by atoms with van der Waals surface area (Å²) >= 11 is 0. The van der Waals surface area contributed by atoms with Crippen molar-refractivity contribution in [2.45, 2.75) is 32.8 Å². The monoisotopic (exact) mass is 278 g/mol. The molecule has 5 nitrogen and oxygen atoms in total. The molecule has 5 heteroatoms. The van der Waals surface area contributed by atoms with Crippen molar-refractivity contribution >= 4 is 12.3 Å². The second-order valence-electron chi connectivity index (χ2n) is 5.42. The first-order chi connectivity index (χ1) is 9.42. The molecular formula is C15H22N2O3. The molecule has 1 rings (SSSR count). The maximum absolute atomic E-state index is 11.8. The average Bonchev–Trinajstić information content (AvgIpc) is 2.37. The van der Waals surface area contributed by atoms with Crippen LogP contribution in [0, 0.1) is 0 Å². The van der Waals surface area contributed by atoms with Crippen LogP contribution >= 0.6 is 0 Å². The van der Waals surface area contributed by atoms with Gasteiger partial charge in [-0.1, -0.05) is 0 Å². The Labute approximate surface area is 119 Å². The topological polar surface area (TPSA) is 67.4 Å². The highest BCUT2D eigenvalue weighted by Crippen LogP contribution is 2.18. The van der Waals surface area contributed by atoms with Gasteiger partial charge < -0.3 is 15.4 Å². The molecule has 20 heavy (non-hydrogen) atoms. The van der Waals surface area contributed by atoms with Gasteiger partial charge in [-0.3, -0.25) is 9.59 Å². The molecule has 0 aliphatic heterocycles. The van der Waals surface area contributed by atoms with Gasteiger partial charge in [0, 0.05) is 18.7 Å². The van der Waals surface area contributed by atoms with E-state index in [1.807, 2.05) is 20.8 Å². The van der Waals surface area contributed by atoms with Crippen LogP contribution < -0.4 is 15.4 Å². The Morgan fingerprint density at radius 2 is 1.85 bits per heavy atom. The number of ether oxygens (including phenoxy) is 1. The van der Waals surface area contributed by atoms with Gasteiger partial charge in [0.2, 0.25) is 6.41 Å². The Morgan fingerprint density at radius 3 is 2.40 bits per heavy atom. The lowest BCUT2D eigenvalue weighted by molar-refractivity contribution is -0.109. The first-order valence-corrected chi connectivity index (χ1v) is 6.67. The Balaban J connectivity index is 2.43. The first-order valence-electron chi connectivity index (χ1n) is 6.67. The molecule has 0 spiro atoms. The van der Waals surface area contributed by atoms with E-state index in [1.54, 1.807) is 24.3 Å². The highest BCUT2D eigenvalue weighted by atomic mass is 16.5. The molecule has 1 aromatic carbocycles. The third kappa shape index (κ3) is 6.22. The van der Waals surface area contributed by atoms with Gasteiger partial charge in [-0.05, 0) is 51.5 Å². The van der Waals surface area contributed by atoms with Crippen LogP contribution in [0.15, 0.2) is 24.3 Å². The van der Waals surface area contributed by atoms with Gasteiger partial charge in [0.15, 0.2) is 0 Å². The van der Waals surface area contributed by atoms with E-state index in [-0.39, 0.29) is 11.5 Å². The fourth-order valence-electron chi connectivity index (χ4n) is 1.58. The number of amides is 2. The summed E-state index contributed by atoms with van der Waals surface area (Å²) in [5.41, 5.74) is 0.338. The maximum Gasteiger partial charge on any atom is 0.251 e. The summed E-state index contributed by atoms with van der Waals surface area (Å²) in [7, 11) is 0. The summed E-state index contributed by atoms with van der Waals surface area (Å²) in [6.45, 7) is 7.00. The summed E-state index contributed by atoms with van der Waals surface area (Å²) in [6, 6.07) is 7.04. The van der Waals surface area contributed by atoms with Gasteiger partial charge in [-0.2, -0.15) is 0 Å². The number of rotatable bonds is 7. The largest absolute Gasteiger partial charge is 0.488 e. The Hall–Kier alpha value is -2.04. The molecule has 110 valence electrons. The zero-order valence-electron chi connectivity index (χ0n) is 12.2. The van der Waals surface area contributed by atoms with Gasteiger partial charge in [-0.25, -0.2) is 0 Å². The third-order valence-corrected chi connectivity index (χ3v) is 2.41. The van der Waals surface area contributed by atoms with Crippen LogP contribution in [0.2, 0.25) is 0 Å². The molecule has 0 heterocycles. The van der Waals surface area contributed by atoms with E-state index in [0.717, 1.165) is 5.75 Å². The standard InChI is InChI=1S/C15H22N2O3/c1-15(2,3)20-13-7-5-12(6-8-13)14(19)17-10-4-9-16-11-18/h5-8,11H,4,9-10H2,1-3H3,(H,16,18)(H,17,19). The normalized spacial score (nSPS) is 10.8. The number of hydrogen-bond acceptors (Lipinski definition) is 3. The molecule has 1 aromatic rings. The lowest BCUT2D eigenvalue weighted by Crippen LogP contribution is -2.27. The van der Waals surface area contributed by atoms with Gasteiger partial charge >= 0.3 is 0 Å². The zero-order valence-corrected chi connectivity index (χ0v) is 12.2. The predicted octanol–water partition coefficient (Wildman–Crippen LogP) is 1.73. The molecule has 2 N–H and O–H groups in total. The first kappa shape index (κ1) is 16.0. The summed E-state index contributed by atoms with van der Waals surface area (Å²) in [5.74, 6) is 0.614. The quantitative estimate of drug-likeness (QED) is 0.589. The highest BCUT2D eigenvalue weighted by Gasteiger charge is 2.12. The molecule has 0 radical (unpaired) electrons. The molecule has 0 fully saturated rings. The van der Waals surface area contributed by atoms with E-state index in [2.05, 4.69) is 10.6 Å². The maximum atomic E-state index is 11.8. The predicted molar refractivity (Wildman–Crippen MR) is 77.8 cm³/mol. The summed E-state index contributed by atoms with van der Waals surface area (Å²) in [5, 5.41) is 5.33. The van der Waals surface area contributed by atoms with Crippen molar-refractivity contribution < 1.29 is 14.3 Å². The molecule has 0 aliphatic carbocycles. The van der Waals surface area contributed by atoms with Crippen LogP contribution in [0.1, 0.15) is 37.6 Å². The molecule has 0 saturated carbocycles. The van der Waals surface area contributed by atoms with Crippen molar-refractivity contribution in [3.05, 3.63) is 29.8 Å². The Kier molecular flexibility index (Phi) is 6.03.